The Morgan fingerprint density at radius 2 is 1.08 bits per heavy atom. The summed E-state index contributed by atoms with van der Waals surface area (Å²) in [5, 5.41) is 22.7. The van der Waals surface area contributed by atoms with Crippen molar-refractivity contribution in [3.05, 3.63) is 72.1 Å². The third-order valence-corrected chi connectivity index (χ3v) is 13.1. The first-order chi connectivity index (χ1) is 29.6. The molecule has 4 heterocycles. The van der Waals surface area contributed by atoms with Crippen LogP contribution in [0.1, 0.15) is 78.9 Å². The summed E-state index contributed by atoms with van der Waals surface area (Å²) in [6.07, 6.45) is 5.02. The van der Waals surface area contributed by atoms with Gasteiger partial charge in [-0.05, 0) is 53.9 Å². The van der Waals surface area contributed by atoms with E-state index < -0.39 is 77.7 Å². The highest BCUT2D eigenvalue weighted by atomic mass is 32.2. The highest BCUT2D eigenvalue weighted by Crippen LogP contribution is 2.27. The first kappa shape index (κ1) is 46.2. The molecule has 8 atom stereocenters. The van der Waals surface area contributed by atoms with E-state index >= 15 is 0 Å². The van der Waals surface area contributed by atoms with Gasteiger partial charge in [-0.2, -0.15) is 0 Å². The zero-order valence-corrected chi connectivity index (χ0v) is 37.5. The van der Waals surface area contributed by atoms with Crippen LogP contribution >= 0.6 is 11.8 Å². The second-order valence-corrected chi connectivity index (χ2v) is 18.9. The molecule has 2 bridgehead atoms. The Balaban J connectivity index is 1.37. The molecule has 6 rings (SSSR count). The van der Waals surface area contributed by atoms with Crippen molar-refractivity contribution in [3.63, 3.8) is 0 Å². The van der Waals surface area contributed by atoms with Crippen LogP contribution in [0.4, 0.5) is 0 Å². The van der Waals surface area contributed by atoms with E-state index in [2.05, 4.69) is 47.2 Å². The van der Waals surface area contributed by atoms with Gasteiger partial charge in [-0.15, -0.1) is 11.8 Å². The van der Waals surface area contributed by atoms with E-state index in [1.807, 2.05) is 89.3 Å². The lowest BCUT2D eigenvalue weighted by Crippen LogP contribution is -2.61. The number of nitrogens with one attached hydrogen (secondary N) is 9. The quantitative estimate of drug-likeness (QED) is 0.115. The summed E-state index contributed by atoms with van der Waals surface area (Å²) in [6, 6.07) is 9.00. The summed E-state index contributed by atoms with van der Waals surface area (Å²) in [4.78, 5) is 92.2. The Morgan fingerprint density at radius 3 is 1.63 bits per heavy atom. The number of hydrogen-bond acceptors (Lipinski definition) is 8. The summed E-state index contributed by atoms with van der Waals surface area (Å²) in [7, 11) is 0. The van der Waals surface area contributed by atoms with Crippen LogP contribution in [0.25, 0.3) is 21.8 Å². The fourth-order valence-corrected chi connectivity index (χ4v) is 9.79. The molecule has 2 aromatic carbocycles. The molecule has 334 valence electrons. The molecular formula is C46H63N9O6S. The standard InChI is InChI=1S/C46H63N9O6S/c1-8-13-33-40(56)51-35(19-27-21-47-31-16-11-9-14-29(27)31)41(57)50-34(18-24(2)3)42(58)54-38(25(4)5)45(61)52-36(20-28-22-48-32-17-12-10-15-30(28)32)43(59)55-39(26(6)7)46-53-37(23-62-46)44(60)49-33/h9-12,14-17,21-22,24-26,33-39,46-48,53H,8,13,18-20,23H2,1-7H3,(H,49,60)(H,50,57)(H,51,56)(H,52,61)(H,54,58)(H,55,59)/t33-,34-,35+,36-,37+,38+,39+,46?/m1/s1. The predicted octanol–water partition coefficient (Wildman–Crippen LogP) is 3.55. The van der Waals surface area contributed by atoms with Crippen LogP contribution < -0.4 is 37.2 Å². The number of H-pyrrole nitrogens is 2. The van der Waals surface area contributed by atoms with Crippen molar-refractivity contribution in [2.45, 2.75) is 128 Å². The molecule has 0 spiro atoms. The van der Waals surface area contributed by atoms with Crippen LogP contribution in [0.5, 0.6) is 0 Å². The summed E-state index contributed by atoms with van der Waals surface area (Å²) < 4.78 is 0. The van der Waals surface area contributed by atoms with Gasteiger partial charge >= 0.3 is 0 Å². The van der Waals surface area contributed by atoms with E-state index in [1.165, 1.54) is 11.8 Å². The topological polar surface area (TPSA) is 218 Å². The normalized spacial score (nSPS) is 26.2. The molecule has 2 aliphatic heterocycles. The minimum atomic E-state index is -1.13. The number of benzene rings is 2. The predicted molar refractivity (Wildman–Crippen MR) is 243 cm³/mol. The SMILES string of the molecule is CCC[C@H]1NC(=O)[C@@H]2CSC(N2)[C@H](C(C)C)NC(=O)[C@@H](Cc2c[nH]c3ccccc23)NC(=O)[C@H](C(C)C)NC(=O)[C@@H](CC(C)C)NC(=O)[C@H](Cc2c[nH]c3ccccc23)NC1=O. The molecule has 1 unspecified atom stereocenters. The zero-order chi connectivity index (χ0) is 44.7. The van der Waals surface area contributed by atoms with Crippen LogP contribution in [-0.2, 0) is 41.6 Å². The number of rotatable bonds is 10. The van der Waals surface area contributed by atoms with E-state index in [4.69, 9.17) is 0 Å². The molecule has 0 radical (unpaired) electrons. The third-order valence-electron chi connectivity index (χ3n) is 11.7. The molecule has 15 nitrogen and oxygen atoms in total. The molecule has 4 aromatic rings. The number of para-hydroxylation sites is 2. The summed E-state index contributed by atoms with van der Waals surface area (Å²) in [5.41, 5.74) is 3.37. The number of aromatic nitrogens is 2. The number of amides is 6. The zero-order valence-electron chi connectivity index (χ0n) is 36.7. The van der Waals surface area contributed by atoms with Crippen LogP contribution in [-0.4, -0.2) is 98.8 Å². The number of carbonyl (C=O) groups is 6. The lowest BCUT2D eigenvalue weighted by Gasteiger charge is -2.31. The monoisotopic (exact) mass is 869 g/mol. The smallest absolute Gasteiger partial charge is 0.243 e. The molecule has 6 amide bonds. The van der Waals surface area contributed by atoms with Gasteiger partial charge in [0.2, 0.25) is 35.4 Å². The van der Waals surface area contributed by atoms with E-state index in [-0.39, 0.29) is 42.4 Å². The van der Waals surface area contributed by atoms with Crippen LogP contribution in [0.3, 0.4) is 0 Å². The molecule has 0 saturated carbocycles. The van der Waals surface area contributed by atoms with Gasteiger partial charge in [0.05, 0.1) is 17.5 Å². The third kappa shape index (κ3) is 11.2. The Kier molecular flexibility index (Phi) is 15.4. The average molecular weight is 870 g/mol. The highest BCUT2D eigenvalue weighted by Gasteiger charge is 2.40. The van der Waals surface area contributed by atoms with Crippen LogP contribution in [0.15, 0.2) is 60.9 Å². The van der Waals surface area contributed by atoms with Crippen molar-refractivity contribution in [1.82, 2.24) is 47.2 Å². The van der Waals surface area contributed by atoms with E-state index in [9.17, 15) is 28.8 Å². The Labute approximate surface area is 367 Å². The van der Waals surface area contributed by atoms with E-state index in [0.29, 0.717) is 18.6 Å². The molecule has 2 saturated heterocycles. The number of thioether (sulfide) groups is 1. The summed E-state index contributed by atoms with van der Waals surface area (Å²) in [6.45, 7) is 13.3. The Morgan fingerprint density at radius 1 is 0.581 bits per heavy atom. The summed E-state index contributed by atoms with van der Waals surface area (Å²) >= 11 is 1.50. The molecule has 62 heavy (non-hydrogen) atoms. The first-order valence-electron chi connectivity index (χ1n) is 21.9. The minimum Gasteiger partial charge on any atom is -0.361 e. The largest absolute Gasteiger partial charge is 0.361 e. The minimum absolute atomic E-state index is 0.0436. The van der Waals surface area contributed by atoms with Gasteiger partial charge in [0, 0.05) is 52.8 Å². The fraction of sp³-hybridized carbons (Fsp3) is 0.522. The summed E-state index contributed by atoms with van der Waals surface area (Å²) in [5.74, 6) is -3.15. The van der Waals surface area contributed by atoms with E-state index in [1.54, 1.807) is 20.0 Å². The molecule has 2 aliphatic rings. The molecule has 2 fully saturated rings. The van der Waals surface area contributed by atoms with Gasteiger partial charge in [0.1, 0.15) is 30.2 Å². The average Bonchev–Trinajstić information content (AvgIpc) is 3.99. The molecule has 2 aromatic heterocycles. The second kappa shape index (κ2) is 20.7. The van der Waals surface area contributed by atoms with Gasteiger partial charge in [0.25, 0.3) is 0 Å². The van der Waals surface area contributed by atoms with E-state index in [0.717, 1.165) is 32.9 Å². The first-order valence-corrected chi connectivity index (χ1v) is 23.0. The lowest BCUT2D eigenvalue weighted by molar-refractivity contribution is -0.136. The molecule has 0 aliphatic carbocycles. The van der Waals surface area contributed by atoms with Crippen molar-refractivity contribution in [2.75, 3.05) is 5.75 Å². The maximum Gasteiger partial charge on any atom is 0.243 e. The number of aromatic amines is 2. The second-order valence-electron chi connectivity index (χ2n) is 17.8. The van der Waals surface area contributed by atoms with Gasteiger partial charge in [-0.1, -0.05) is 91.3 Å². The molecule has 16 heteroatoms. The van der Waals surface area contributed by atoms with Gasteiger partial charge in [-0.3, -0.25) is 34.1 Å². The van der Waals surface area contributed by atoms with Crippen molar-refractivity contribution in [2.24, 2.45) is 17.8 Å². The number of carbonyl (C=O) groups excluding carboxylic acids is 6. The maximum atomic E-state index is 14.5. The number of hydrogen-bond donors (Lipinski definition) is 9. The van der Waals surface area contributed by atoms with Crippen LogP contribution in [0, 0.1) is 17.8 Å². The lowest BCUT2D eigenvalue weighted by atomic mass is 9.97. The number of fused-ring (bicyclic) bond motifs is 4. The molecule has 9 N–H and O–H groups in total. The molecular weight excluding hydrogens is 807 g/mol. The van der Waals surface area contributed by atoms with Crippen molar-refractivity contribution in [1.29, 1.82) is 0 Å². The van der Waals surface area contributed by atoms with Crippen LogP contribution in [0.2, 0.25) is 0 Å². The van der Waals surface area contributed by atoms with Crippen molar-refractivity contribution < 1.29 is 28.8 Å². The van der Waals surface area contributed by atoms with Gasteiger partial charge in [0.15, 0.2) is 0 Å². The van der Waals surface area contributed by atoms with Crippen molar-refractivity contribution >= 4 is 69.0 Å². The fourth-order valence-electron chi connectivity index (χ4n) is 8.30. The Hall–Kier alpha value is -5.35. The van der Waals surface area contributed by atoms with Gasteiger partial charge < -0.3 is 41.9 Å². The Bertz CT molecular complexity index is 2240. The van der Waals surface area contributed by atoms with Crippen molar-refractivity contribution in [3.8, 4) is 0 Å². The maximum absolute atomic E-state index is 14.5. The van der Waals surface area contributed by atoms with Gasteiger partial charge in [-0.25, -0.2) is 0 Å². The highest BCUT2D eigenvalue weighted by molar-refractivity contribution is 8.00.